The van der Waals surface area contributed by atoms with Gasteiger partial charge in [-0.15, -0.1) is 0 Å². The highest BCUT2D eigenvalue weighted by Gasteiger charge is 2.48. The molecule has 0 spiro atoms. The Labute approximate surface area is 101 Å². The number of aliphatic carboxylic acids is 1. The van der Waals surface area contributed by atoms with E-state index in [0.717, 1.165) is 19.4 Å². The molecule has 17 heavy (non-hydrogen) atoms. The summed E-state index contributed by atoms with van der Waals surface area (Å²) in [7, 11) is 0. The SMILES string of the molecule is O=C(O)C1CC2CCC1N2Cc1ccccc1. The third-order valence-corrected chi connectivity index (χ3v) is 4.21. The summed E-state index contributed by atoms with van der Waals surface area (Å²) in [6.45, 7) is 0.903. The second-order valence-corrected chi connectivity index (χ2v) is 5.14. The van der Waals surface area contributed by atoms with Crippen molar-refractivity contribution in [3.05, 3.63) is 35.9 Å². The average molecular weight is 231 g/mol. The fraction of sp³-hybridized carbons (Fsp3) is 0.500. The number of fused-ring (bicyclic) bond motifs is 2. The predicted molar refractivity (Wildman–Crippen MR) is 64.5 cm³/mol. The Bertz CT molecular complexity index is 417. The quantitative estimate of drug-likeness (QED) is 0.866. The molecule has 0 aliphatic carbocycles. The molecule has 3 nitrogen and oxygen atoms in total. The van der Waals surface area contributed by atoms with E-state index in [2.05, 4.69) is 17.0 Å². The highest BCUT2D eigenvalue weighted by Crippen LogP contribution is 2.42. The monoisotopic (exact) mass is 231 g/mol. The van der Waals surface area contributed by atoms with Crippen LogP contribution in [0.2, 0.25) is 0 Å². The van der Waals surface area contributed by atoms with Gasteiger partial charge in [0.25, 0.3) is 0 Å². The largest absolute Gasteiger partial charge is 0.481 e. The van der Waals surface area contributed by atoms with E-state index in [4.69, 9.17) is 0 Å². The van der Waals surface area contributed by atoms with Crippen LogP contribution in [-0.4, -0.2) is 28.1 Å². The first kappa shape index (κ1) is 10.8. The first-order valence-electron chi connectivity index (χ1n) is 6.28. The molecule has 0 aromatic heterocycles. The summed E-state index contributed by atoms with van der Waals surface area (Å²) in [6, 6.07) is 11.1. The van der Waals surface area contributed by atoms with Crippen molar-refractivity contribution in [2.75, 3.05) is 0 Å². The molecule has 3 heteroatoms. The van der Waals surface area contributed by atoms with Crippen LogP contribution >= 0.6 is 0 Å². The zero-order valence-corrected chi connectivity index (χ0v) is 9.75. The summed E-state index contributed by atoms with van der Waals surface area (Å²) in [6.07, 6.45) is 3.06. The Kier molecular flexibility index (Phi) is 2.63. The third kappa shape index (κ3) is 1.84. The molecule has 1 aromatic rings. The normalized spacial score (nSPS) is 31.9. The van der Waals surface area contributed by atoms with Gasteiger partial charge in [-0.1, -0.05) is 30.3 Å². The van der Waals surface area contributed by atoms with Crippen LogP contribution in [0.5, 0.6) is 0 Å². The number of nitrogens with zero attached hydrogens (tertiary/aromatic N) is 1. The van der Waals surface area contributed by atoms with Crippen LogP contribution in [0, 0.1) is 5.92 Å². The molecule has 2 aliphatic heterocycles. The zero-order valence-electron chi connectivity index (χ0n) is 9.75. The lowest BCUT2D eigenvalue weighted by atomic mass is 9.89. The van der Waals surface area contributed by atoms with Crippen molar-refractivity contribution in [3.63, 3.8) is 0 Å². The van der Waals surface area contributed by atoms with Crippen molar-refractivity contribution in [1.82, 2.24) is 4.90 Å². The first-order chi connectivity index (χ1) is 8.25. The maximum absolute atomic E-state index is 11.2. The van der Waals surface area contributed by atoms with Crippen molar-refractivity contribution in [3.8, 4) is 0 Å². The van der Waals surface area contributed by atoms with Gasteiger partial charge in [-0.25, -0.2) is 0 Å². The van der Waals surface area contributed by atoms with E-state index in [-0.39, 0.29) is 12.0 Å². The molecule has 2 bridgehead atoms. The van der Waals surface area contributed by atoms with Crippen molar-refractivity contribution < 1.29 is 9.90 Å². The molecule has 1 aromatic carbocycles. The van der Waals surface area contributed by atoms with Crippen molar-refractivity contribution >= 4 is 5.97 Å². The van der Waals surface area contributed by atoms with E-state index >= 15 is 0 Å². The molecule has 90 valence electrons. The number of carbonyl (C=O) groups is 1. The van der Waals surface area contributed by atoms with Gasteiger partial charge in [-0.05, 0) is 24.8 Å². The van der Waals surface area contributed by atoms with Gasteiger partial charge in [-0.2, -0.15) is 0 Å². The lowest BCUT2D eigenvalue weighted by Gasteiger charge is -2.22. The molecule has 1 N–H and O–H groups in total. The summed E-state index contributed by atoms with van der Waals surface area (Å²) in [5.74, 6) is -0.757. The van der Waals surface area contributed by atoms with Crippen molar-refractivity contribution in [2.45, 2.75) is 37.9 Å². The Morgan fingerprint density at radius 1 is 1.29 bits per heavy atom. The second-order valence-electron chi connectivity index (χ2n) is 5.14. The molecule has 3 unspecified atom stereocenters. The summed E-state index contributed by atoms with van der Waals surface area (Å²) < 4.78 is 0. The van der Waals surface area contributed by atoms with Crippen LogP contribution in [-0.2, 0) is 11.3 Å². The second kappa shape index (κ2) is 4.15. The Morgan fingerprint density at radius 3 is 2.71 bits per heavy atom. The van der Waals surface area contributed by atoms with Gasteiger partial charge in [0.15, 0.2) is 0 Å². The van der Waals surface area contributed by atoms with Crippen LogP contribution in [0.15, 0.2) is 30.3 Å². The molecule has 2 aliphatic rings. The maximum atomic E-state index is 11.2. The van der Waals surface area contributed by atoms with E-state index in [1.165, 1.54) is 12.0 Å². The first-order valence-corrected chi connectivity index (χ1v) is 6.28. The average Bonchev–Trinajstić information content (AvgIpc) is 2.88. The minimum atomic E-state index is -0.615. The van der Waals surface area contributed by atoms with Crippen LogP contribution in [0.1, 0.15) is 24.8 Å². The van der Waals surface area contributed by atoms with Crippen LogP contribution in [0.4, 0.5) is 0 Å². The van der Waals surface area contributed by atoms with Gasteiger partial charge >= 0.3 is 5.97 Å². The summed E-state index contributed by atoms with van der Waals surface area (Å²) in [4.78, 5) is 13.6. The third-order valence-electron chi connectivity index (χ3n) is 4.21. The van der Waals surface area contributed by atoms with Crippen LogP contribution in [0.3, 0.4) is 0 Å². The number of hydrogen-bond donors (Lipinski definition) is 1. The standard InChI is InChI=1S/C14H17NO2/c16-14(17)12-8-11-6-7-13(12)15(11)9-10-4-2-1-3-5-10/h1-5,11-13H,6-9H2,(H,16,17). The summed E-state index contributed by atoms with van der Waals surface area (Å²) >= 11 is 0. The van der Waals surface area contributed by atoms with E-state index in [1.54, 1.807) is 0 Å². The van der Waals surface area contributed by atoms with Crippen molar-refractivity contribution in [1.29, 1.82) is 0 Å². The number of hydrogen-bond acceptors (Lipinski definition) is 2. The molecule has 3 rings (SSSR count). The minimum absolute atomic E-state index is 0.141. The highest BCUT2D eigenvalue weighted by atomic mass is 16.4. The van der Waals surface area contributed by atoms with Gasteiger partial charge in [0.05, 0.1) is 5.92 Å². The summed E-state index contributed by atoms with van der Waals surface area (Å²) in [5.41, 5.74) is 1.29. The fourth-order valence-corrected chi connectivity index (χ4v) is 3.41. The van der Waals surface area contributed by atoms with E-state index in [1.807, 2.05) is 18.2 Å². The fourth-order valence-electron chi connectivity index (χ4n) is 3.41. The molecule has 0 amide bonds. The van der Waals surface area contributed by atoms with Gasteiger partial charge in [0.1, 0.15) is 0 Å². The lowest BCUT2D eigenvalue weighted by molar-refractivity contribution is -0.142. The number of benzene rings is 1. The molecule has 3 atom stereocenters. The smallest absolute Gasteiger partial charge is 0.308 e. The maximum Gasteiger partial charge on any atom is 0.308 e. The molecular weight excluding hydrogens is 214 g/mol. The van der Waals surface area contributed by atoms with Crippen LogP contribution < -0.4 is 0 Å². The topological polar surface area (TPSA) is 40.5 Å². The highest BCUT2D eigenvalue weighted by molar-refractivity contribution is 5.71. The molecule has 2 saturated heterocycles. The minimum Gasteiger partial charge on any atom is -0.481 e. The number of carboxylic acids is 1. The lowest BCUT2D eigenvalue weighted by Crippen LogP contribution is -2.32. The molecule has 0 saturated carbocycles. The van der Waals surface area contributed by atoms with Crippen molar-refractivity contribution in [2.24, 2.45) is 5.92 Å². The zero-order chi connectivity index (χ0) is 11.8. The molecule has 0 radical (unpaired) electrons. The molecule has 2 fully saturated rings. The number of carboxylic acid groups (broad SMARTS) is 1. The van der Waals surface area contributed by atoms with E-state index in [9.17, 15) is 9.90 Å². The van der Waals surface area contributed by atoms with Gasteiger partial charge < -0.3 is 5.11 Å². The summed E-state index contributed by atoms with van der Waals surface area (Å²) in [5, 5.41) is 9.19. The molecular formula is C14H17NO2. The number of rotatable bonds is 3. The Morgan fingerprint density at radius 2 is 2.06 bits per heavy atom. The van der Waals surface area contributed by atoms with Gasteiger partial charge in [0, 0.05) is 18.6 Å². The molecule has 2 heterocycles. The van der Waals surface area contributed by atoms with Gasteiger partial charge in [0.2, 0.25) is 0 Å². The van der Waals surface area contributed by atoms with Crippen LogP contribution in [0.25, 0.3) is 0 Å². The van der Waals surface area contributed by atoms with E-state index < -0.39 is 5.97 Å². The Balaban J connectivity index is 1.75. The van der Waals surface area contributed by atoms with E-state index in [0.29, 0.717) is 6.04 Å². The van der Waals surface area contributed by atoms with Gasteiger partial charge in [-0.3, -0.25) is 9.69 Å². The predicted octanol–water partition coefficient (Wildman–Crippen LogP) is 2.12. The Hall–Kier alpha value is -1.35.